The van der Waals surface area contributed by atoms with Gasteiger partial charge >= 0.3 is 0 Å². The van der Waals surface area contributed by atoms with Crippen molar-refractivity contribution in [3.05, 3.63) is 112 Å². The van der Waals surface area contributed by atoms with Gasteiger partial charge in [0.05, 0.1) is 11.5 Å². The van der Waals surface area contributed by atoms with E-state index in [-0.39, 0.29) is 29.3 Å². The van der Waals surface area contributed by atoms with Gasteiger partial charge in [0.15, 0.2) is 5.78 Å². The molecule has 158 valence electrons. The second-order valence-corrected chi connectivity index (χ2v) is 6.97. The highest BCUT2D eigenvalue weighted by Crippen LogP contribution is 2.24. The maximum Gasteiger partial charge on any atom is 0.292 e. The van der Waals surface area contributed by atoms with Crippen molar-refractivity contribution in [3.63, 3.8) is 0 Å². The number of rotatable bonds is 7. The molecule has 1 aromatic heterocycles. The smallest absolute Gasteiger partial charge is 0.292 e. The number of nitrogens with zero attached hydrogens (tertiary/aromatic N) is 3. The third-order valence-electron chi connectivity index (χ3n) is 4.88. The van der Waals surface area contributed by atoms with Crippen LogP contribution in [0, 0.1) is 10.1 Å². The van der Waals surface area contributed by atoms with Gasteiger partial charge in [0, 0.05) is 35.2 Å². The van der Waals surface area contributed by atoms with Gasteiger partial charge in [-0.25, -0.2) is 4.98 Å². The fourth-order valence-corrected chi connectivity index (χ4v) is 3.27. The number of benzene rings is 3. The lowest BCUT2D eigenvalue weighted by Gasteiger charge is -2.09. The lowest BCUT2D eigenvalue weighted by atomic mass is 10.1. The number of anilines is 1. The van der Waals surface area contributed by atoms with E-state index >= 15 is 0 Å². The van der Waals surface area contributed by atoms with E-state index in [1.807, 2.05) is 30.3 Å². The van der Waals surface area contributed by atoms with Crippen molar-refractivity contribution in [2.75, 3.05) is 5.32 Å². The Kier molecular flexibility index (Phi) is 5.85. The Hall–Kier alpha value is -4.59. The minimum absolute atomic E-state index is 0.103. The molecule has 1 N–H and O–H groups in total. The number of imidazole rings is 1. The van der Waals surface area contributed by atoms with Crippen LogP contribution in [0.2, 0.25) is 0 Å². The second kappa shape index (κ2) is 9.05. The summed E-state index contributed by atoms with van der Waals surface area (Å²) in [6.07, 6.45) is 3.39. The summed E-state index contributed by atoms with van der Waals surface area (Å²) in [6, 6.07) is 21.6. The normalized spacial score (nSPS) is 10.5. The number of aromatic nitrogens is 2. The number of para-hydroxylation sites is 2. The Labute approximate surface area is 183 Å². The molecule has 0 aliphatic carbocycles. The largest absolute Gasteiger partial charge is 0.323 e. The predicted octanol–water partition coefficient (Wildman–Crippen LogP) is 4.59. The summed E-state index contributed by atoms with van der Waals surface area (Å²) >= 11 is 0. The summed E-state index contributed by atoms with van der Waals surface area (Å²) in [5.74, 6) is 0.0597. The third-order valence-corrected chi connectivity index (χ3v) is 4.88. The van der Waals surface area contributed by atoms with Crippen LogP contribution in [0.3, 0.4) is 0 Å². The van der Waals surface area contributed by atoms with Crippen LogP contribution in [0.4, 0.5) is 11.4 Å². The van der Waals surface area contributed by atoms with E-state index in [1.54, 1.807) is 35.2 Å². The fraction of sp³-hybridized carbons (Fsp3) is 0.0417. The van der Waals surface area contributed by atoms with E-state index in [2.05, 4.69) is 10.3 Å². The van der Waals surface area contributed by atoms with Crippen LogP contribution in [-0.2, 0) is 6.54 Å². The molecule has 8 nitrogen and oxygen atoms in total. The number of nitro benzene ring substituents is 1. The molecule has 0 unspecified atom stereocenters. The molecule has 1 amide bonds. The first-order valence-electron chi connectivity index (χ1n) is 9.77. The zero-order valence-corrected chi connectivity index (χ0v) is 16.8. The van der Waals surface area contributed by atoms with Crippen LogP contribution < -0.4 is 5.32 Å². The first-order valence-corrected chi connectivity index (χ1v) is 9.77. The molecule has 0 saturated heterocycles. The van der Waals surface area contributed by atoms with Crippen molar-refractivity contribution in [1.29, 1.82) is 0 Å². The number of hydrogen-bond donors (Lipinski definition) is 1. The Morgan fingerprint density at radius 1 is 0.906 bits per heavy atom. The van der Waals surface area contributed by atoms with E-state index in [9.17, 15) is 19.7 Å². The highest BCUT2D eigenvalue weighted by molar-refractivity contribution is 6.06. The van der Waals surface area contributed by atoms with E-state index in [0.29, 0.717) is 11.4 Å². The number of nitrogens with one attached hydrogen (secondary N) is 1. The fourth-order valence-electron chi connectivity index (χ4n) is 3.27. The van der Waals surface area contributed by atoms with Crippen molar-refractivity contribution >= 4 is 23.1 Å². The van der Waals surface area contributed by atoms with E-state index in [0.717, 1.165) is 5.56 Å². The summed E-state index contributed by atoms with van der Waals surface area (Å²) in [5, 5.41) is 13.7. The number of hydrogen-bond acceptors (Lipinski definition) is 5. The zero-order valence-electron chi connectivity index (χ0n) is 16.8. The van der Waals surface area contributed by atoms with Gasteiger partial charge in [-0.15, -0.1) is 0 Å². The Morgan fingerprint density at radius 3 is 2.28 bits per heavy atom. The average molecular weight is 426 g/mol. The van der Waals surface area contributed by atoms with Crippen LogP contribution in [0.1, 0.15) is 20.7 Å². The Balaban J connectivity index is 1.47. The van der Waals surface area contributed by atoms with Crippen LogP contribution in [0.15, 0.2) is 91.3 Å². The Morgan fingerprint density at radius 2 is 1.56 bits per heavy atom. The Bertz CT molecular complexity index is 1280. The zero-order chi connectivity index (χ0) is 22.5. The van der Waals surface area contributed by atoms with Crippen LogP contribution in [-0.4, -0.2) is 26.2 Å². The van der Waals surface area contributed by atoms with Gasteiger partial charge in [-0.1, -0.05) is 54.6 Å². The van der Waals surface area contributed by atoms with E-state index in [4.69, 9.17) is 0 Å². The molecule has 32 heavy (non-hydrogen) atoms. The summed E-state index contributed by atoms with van der Waals surface area (Å²) in [4.78, 5) is 40.2. The number of ketones is 1. The third kappa shape index (κ3) is 4.44. The standard InChI is InChI=1S/C24H18N4O4/c29-22(16-27-15-14-25-23(27)18-6-2-1-3-7-18)17-10-12-19(13-11-17)24(30)26-20-8-4-5-9-21(20)28(31)32/h1-15H,16H2,(H,26,30). The summed E-state index contributed by atoms with van der Waals surface area (Å²) < 4.78 is 1.77. The minimum atomic E-state index is -0.558. The van der Waals surface area contributed by atoms with Gasteiger partial charge < -0.3 is 9.88 Å². The van der Waals surface area contributed by atoms with Gasteiger partial charge in [0.25, 0.3) is 11.6 Å². The molecule has 1 heterocycles. The molecule has 8 heteroatoms. The van der Waals surface area contributed by atoms with E-state index < -0.39 is 10.8 Å². The molecule has 0 radical (unpaired) electrons. The monoisotopic (exact) mass is 426 g/mol. The second-order valence-electron chi connectivity index (χ2n) is 6.97. The van der Waals surface area contributed by atoms with Crippen molar-refractivity contribution in [2.24, 2.45) is 0 Å². The maximum atomic E-state index is 12.8. The lowest BCUT2D eigenvalue weighted by molar-refractivity contribution is -0.383. The van der Waals surface area contributed by atoms with Crippen molar-refractivity contribution < 1.29 is 14.5 Å². The number of carbonyl (C=O) groups excluding carboxylic acids is 2. The molecule has 0 bridgehead atoms. The van der Waals surface area contributed by atoms with Crippen molar-refractivity contribution in [1.82, 2.24) is 9.55 Å². The van der Waals surface area contributed by atoms with Gasteiger partial charge in [-0.2, -0.15) is 0 Å². The molecule has 0 aliphatic rings. The highest BCUT2D eigenvalue weighted by atomic mass is 16.6. The number of carbonyl (C=O) groups is 2. The summed E-state index contributed by atoms with van der Waals surface area (Å²) in [5.41, 5.74) is 1.55. The molecular formula is C24H18N4O4. The number of nitro groups is 1. The van der Waals surface area contributed by atoms with Crippen LogP contribution in [0.25, 0.3) is 11.4 Å². The first-order chi connectivity index (χ1) is 15.5. The predicted molar refractivity (Wildman–Crippen MR) is 119 cm³/mol. The van der Waals surface area contributed by atoms with Gasteiger partial charge in [0.2, 0.25) is 0 Å². The van der Waals surface area contributed by atoms with Crippen molar-refractivity contribution in [2.45, 2.75) is 6.54 Å². The highest BCUT2D eigenvalue weighted by Gasteiger charge is 2.16. The molecule has 0 fully saturated rings. The molecule has 4 rings (SSSR count). The van der Waals surface area contributed by atoms with E-state index in [1.165, 1.54) is 30.3 Å². The molecule has 0 aliphatic heterocycles. The average Bonchev–Trinajstić information content (AvgIpc) is 3.28. The number of amides is 1. The van der Waals surface area contributed by atoms with Crippen LogP contribution >= 0.6 is 0 Å². The molecule has 4 aromatic rings. The quantitative estimate of drug-likeness (QED) is 0.264. The molecule has 3 aromatic carbocycles. The van der Waals surface area contributed by atoms with Gasteiger partial charge in [-0.05, 0) is 18.2 Å². The van der Waals surface area contributed by atoms with Gasteiger partial charge in [-0.3, -0.25) is 19.7 Å². The number of Topliss-reactive ketones (excluding diaryl/α,β-unsaturated/α-hetero) is 1. The summed E-state index contributed by atoms with van der Waals surface area (Å²) in [6.45, 7) is 0.103. The molecule has 0 spiro atoms. The molecular weight excluding hydrogens is 408 g/mol. The minimum Gasteiger partial charge on any atom is -0.323 e. The maximum absolute atomic E-state index is 12.8. The summed E-state index contributed by atoms with van der Waals surface area (Å²) in [7, 11) is 0. The lowest BCUT2D eigenvalue weighted by Crippen LogP contribution is -2.14. The molecule has 0 saturated carbocycles. The topological polar surface area (TPSA) is 107 Å². The van der Waals surface area contributed by atoms with Gasteiger partial charge in [0.1, 0.15) is 11.5 Å². The first kappa shape index (κ1) is 20.7. The van der Waals surface area contributed by atoms with Crippen LogP contribution in [0.5, 0.6) is 0 Å². The SMILES string of the molecule is O=C(Cn1ccnc1-c1ccccc1)c1ccc(C(=O)Nc2ccccc2[N+](=O)[O-])cc1. The molecule has 0 atom stereocenters. The van der Waals surface area contributed by atoms with Crippen molar-refractivity contribution in [3.8, 4) is 11.4 Å².